The maximum atomic E-state index is 12.7. The summed E-state index contributed by atoms with van der Waals surface area (Å²) in [5.41, 5.74) is 2.86. The molecule has 2 N–H and O–H groups in total. The predicted octanol–water partition coefficient (Wildman–Crippen LogP) is 6.01. The van der Waals surface area contributed by atoms with E-state index in [0.717, 1.165) is 5.56 Å². The molecule has 148 valence electrons. The van der Waals surface area contributed by atoms with E-state index in [1.165, 1.54) is 11.8 Å². The Labute approximate surface area is 176 Å². The highest BCUT2D eigenvalue weighted by molar-refractivity contribution is 8.00. The van der Waals surface area contributed by atoms with Crippen molar-refractivity contribution < 1.29 is 13.6 Å². The lowest BCUT2D eigenvalue weighted by Gasteiger charge is -2.13. The third kappa shape index (κ3) is 4.11. The molecule has 3 heterocycles. The van der Waals surface area contributed by atoms with Crippen LogP contribution in [-0.2, 0) is 4.79 Å². The molecule has 0 spiro atoms. The molecule has 1 amide bonds. The van der Waals surface area contributed by atoms with E-state index in [-0.39, 0.29) is 5.91 Å². The van der Waals surface area contributed by atoms with Crippen LogP contribution in [-0.4, -0.2) is 21.1 Å². The van der Waals surface area contributed by atoms with Crippen LogP contribution in [0.1, 0.15) is 12.5 Å². The molecule has 1 unspecified atom stereocenters. The lowest BCUT2D eigenvalue weighted by atomic mass is 10.2. The fourth-order valence-corrected chi connectivity index (χ4v) is 3.78. The van der Waals surface area contributed by atoms with Gasteiger partial charge in [-0.25, -0.2) is 4.98 Å². The second kappa shape index (κ2) is 8.23. The Bertz CT molecular complexity index is 1070. The summed E-state index contributed by atoms with van der Waals surface area (Å²) in [6.07, 6.45) is 3.18. The van der Waals surface area contributed by atoms with Gasteiger partial charge in [0.2, 0.25) is 5.91 Å². The number of imidazole rings is 1. The Morgan fingerprint density at radius 2 is 1.86 bits per heavy atom. The Kier molecular flexibility index (Phi) is 5.51. The number of rotatable bonds is 6. The Morgan fingerprint density at radius 1 is 1.14 bits per heavy atom. The zero-order valence-electron chi connectivity index (χ0n) is 15.7. The van der Waals surface area contributed by atoms with E-state index in [4.69, 9.17) is 20.4 Å². The first-order chi connectivity index (χ1) is 14.0. The van der Waals surface area contributed by atoms with Gasteiger partial charge in [-0.3, -0.25) is 4.79 Å². The third-order valence-electron chi connectivity index (χ3n) is 4.39. The van der Waals surface area contributed by atoms with E-state index >= 15 is 0 Å². The molecule has 4 rings (SSSR count). The number of aromatic nitrogens is 2. The number of hydrogen-bond donors (Lipinski definition) is 2. The molecule has 29 heavy (non-hydrogen) atoms. The van der Waals surface area contributed by atoms with Crippen LogP contribution < -0.4 is 5.32 Å². The van der Waals surface area contributed by atoms with Crippen molar-refractivity contribution >= 4 is 35.0 Å². The van der Waals surface area contributed by atoms with Gasteiger partial charge in [0.25, 0.3) is 0 Å². The summed E-state index contributed by atoms with van der Waals surface area (Å²) < 4.78 is 11.0. The summed E-state index contributed by atoms with van der Waals surface area (Å²) in [5, 5.41) is 3.73. The molecule has 4 aromatic rings. The van der Waals surface area contributed by atoms with E-state index in [1.54, 1.807) is 36.8 Å². The van der Waals surface area contributed by atoms with E-state index in [0.29, 0.717) is 38.8 Å². The van der Waals surface area contributed by atoms with Crippen molar-refractivity contribution in [3.05, 3.63) is 65.6 Å². The summed E-state index contributed by atoms with van der Waals surface area (Å²) >= 11 is 7.45. The van der Waals surface area contributed by atoms with Crippen LogP contribution >= 0.6 is 23.4 Å². The van der Waals surface area contributed by atoms with E-state index in [9.17, 15) is 4.79 Å². The Balaban J connectivity index is 1.55. The van der Waals surface area contributed by atoms with Crippen LogP contribution in [0.15, 0.2) is 69.0 Å². The number of amides is 1. The van der Waals surface area contributed by atoms with Crippen LogP contribution in [0, 0.1) is 6.92 Å². The maximum Gasteiger partial charge on any atom is 0.237 e. The van der Waals surface area contributed by atoms with Gasteiger partial charge in [0.15, 0.2) is 16.7 Å². The second-order valence-electron chi connectivity index (χ2n) is 6.38. The molecule has 8 heteroatoms. The van der Waals surface area contributed by atoms with Crippen molar-refractivity contribution in [3.63, 3.8) is 0 Å². The first kappa shape index (κ1) is 19.4. The number of thioether (sulfide) groups is 1. The molecule has 6 nitrogen and oxygen atoms in total. The molecule has 0 aliphatic carbocycles. The minimum Gasteiger partial charge on any atom is -0.463 e. The number of aromatic amines is 1. The monoisotopic (exact) mass is 427 g/mol. The molecule has 0 fully saturated rings. The summed E-state index contributed by atoms with van der Waals surface area (Å²) in [5.74, 6) is 1.12. The number of nitrogens with one attached hydrogen (secondary N) is 2. The summed E-state index contributed by atoms with van der Waals surface area (Å²) in [7, 11) is 0. The molecular formula is C21H18ClN3O3S. The van der Waals surface area contributed by atoms with Gasteiger partial charge >= 0.3 is 0 Å². The summed E-state index contributed by atoms with van der Waals surface area (Å²) in [6.45, 7) is 3.69. The molecule has 0 bridgehead atoms. The minimum atomic E-state index is -0.395. The lowest BCUT2D eigenvalue weighted by molar-refractivity contribution is -0.115. The average Bonchev–Trinajstić information content (AvgIpc) is 3.46. The first-order valence-electron chi connectivity index (χ1n) is 8.93. The van der Waals surface area contributed by atoms with Gasteiger partial charge in [-0.05, 0) is 55.8 Å². The SMILES string of the molecule is Cc1c(Cl)cccc1NC(=O)C(C)Sc1nc(-c2ccco2)c(-c2ccco2)[nH]1. The van der Waals surface area contributed by atoms with Crippen molar-refractivity contribution in [3.8, 4) is 22.9 Å². The van der Waals surface area contributed by atoms with E-state index in [1.807, 2.05) is 32.0 Å². The quantitative estimate of drug-likeness (QED) is 0.368. The van der Waals surface area contributed by atoms with Crippen LogP contribution in [0.25, 0.3) is 22.9 Å². The fourth-order valence-electron chi connectivity index (χ4n) is 2.80. The fraction of sp³-hybridized carbons (Fsp3) is 0.143. The number of carbonyl (C=O) groups excluding carboxylic acids is 1. The molecule has 0 radical (unpaired) electrons. The number of anilines is 1. The molecular weight excluding hydrogens is 410 g/mol. The smallest absolute Gasteiger partial charge is 0.237 e. The van der Waals surface area contributed by atoms with Gasteiger partial charge in [0.05, 0.1) is 17.8 Å². The zero-order chi connectivity index (χ0) is 20.4. The number of furan rings is 2. The van der Waals surface area contributed by atoms with Gasteiger partial charge in [-0.15, -0.1) is 0 Å². The van der Waals surface area contributed by atoms with Crippen LogP contribution in [0.4, 0.5) is 5.69 Å². The first-order valence-corrected chi connectivity index (χ1v) is 10.2. The molecule has 1 atom stereocenters. The third-order valence-corrected chi connectivity index (χ3v) is 5.78. The molecule has 3 aromatic heterocycles. The molecule has 0 aliphatic heterocycles. The minimum absolute atomic E-state index is 0.143. The number of carbonyl (C=O) groups is 1. The van der Waals surface area contributed by atoms with Crippen LogP contribution in [0.5, 0.6) is 0 Å². The van der Waals surface area contributed by atoms with Gasteiger partial charge < -0.3 is 19.1 Å². The maximum absolute atomic E-state index is 12.7. The van der Waals surface area contributed by atoms with Gasteiger partial charge in [0.1, 0.15) is 11.4 Å². The summed E-state index contributed by atoms with van der Waals surface area (Å²) in [4.78, 5) is 20.5. The standard InChI is InChI=1S/C21H18ClN3O3S/c1-12-14(22)6-3-7-15(12)23-20(26)13(2)29-21-24-18(16-8-4-10-27-16)19(25-21)17-9-5-11-28-17/h3-11,13H,1-2H3,(H,23,26)(H,24,25). The highest BCUT2D eigenvalue weighted by Gasteiger charge is 2.22. The van der Waals surface area contributed by atoms with Gasteiger partial charge in [-0.1, -0.05) is 29.4 Å². The van der Waals surface area contributed by atoms with Crippen molar-refractivity contribution in [1.82, 2.24) is 9.97 Å². The average molecular weight is 428 g/mol. The number of hydrogen-bond acceptors (Lipinski definition) is 5. The molecule has 0 saturated carbocycles. The van der Waals surface area contributed by atoms with Crippen molar-refractivity contribution in [2.45, 2.75) is 24.3 Å². The number of halogens is 1. The van der Waals surface area contributed by atoms with Crippen LogP contribution in [0.2, 0.25) is 5.02 Å². The Morgan fingerprint density at radius 3 is 2.55 bits per heavy atom. The number of nitrogens with zero attached hydrogens (tertiary/aromatic N) is 1. The normalized spacial score (nSPS) is 12.1. The predicted molar refractivity (Wildman–Crippen MR) is 114 cm³/mol. The highest BCUT2D eigenvalue weighted by Crippen LogP contribution is 2.34. The zero-order valence-corrected chi connectivity index (χ0v) is 17.3. The van der Waals surface area contributed by atoms with Gasteiger partial charge in [0, 0.05) is 10.7 Å². The summed E-state index contributed by atoms with van der Waals surface area (Å²) in [6, 6.07) is 12.7. The number of benzene rings is 1. The van der Waals surface area contributed by atoms with Gasteiger partial charge in [-0.2, -0.15) is 0 Å². The second-order valence-corrected chi connectivity index (χ2v) is 8.12. The van der Waals surface area contributed by atoms with Crippen LogP contribution in [0.3, 0.4) is 0 Å². The van der Waals surface area contributed by atoms with Crippen molar-refractivity contribution in [2.24, 2.45) is 0 Å². The molecule has 0 aliphatic rings. The topological polar surface area (TPSA) is 84.1 Å². The van der Waals surface area contributed by atoms with E-state index in [2.05, 4.69) is 15.3 Å². The molecule has 1 aromatic carbocycles. The lowest BCUT2D eigenvalue weighted by Crippen LogP contribution is -2.23. The largest absolute Gasteiger partial charge is 0.463 e. The molecule has 0 saturated heterocycles. The number of H-pyrrole nitrogens is 1. The van der Waals surface area contributed by atoms with Crippen molar-refractivity contribution in [1.29, 1.82) is 0 Å². The van der Waals surface area contributed by atoms with E-state index < -0.39 is 5.25 Å². The Hall–Kier alpha value is -2.90. The van der Waals surface area contributed by atoms with Crippen molar-refractivity contribution in [2.75, 3.05) is 5.32 Å². The highest BCUT2D eigenvalue weighted by atomic mass is 35.5.